The van der Waals surface area contributed by atoms with Gasteiger partial charge in [-0.25, -0.2) is 8.78 Å². The molecule has 2 atom stereocenters. The third-order valence-electron chi connectivity index (χ3n) is 2.34. The smallest absolute Gasteiger partial charge is 0.126 e. The van der Waals surface area contributed by atoms with Crippen LogP contribution in [0.15, 0.2) is 24.3 Å². The fraction of sp³-hybridized carbons (Fsp3) is 0.455. The second-order valence-electron chi connectivity index (χ2n) is 3.38. The highest BCUT2D eigenvalue weighted by Crippen LogP contribution is 2.27. The van der Waals surface area contributed by atoms with Gasteiger partial charge in [-0.05, 0) is 31.5 Å². The minimum atomic E-state index is -1.07. The monoisotopic (exact) mass is 199 g/mol. The van der Waals surface area contributed by atoms with Gasteiger partial charge < -0.3 is 5.73 Å². The molecule has 14 heavy (non-hydrogen) atoms. The quantitative estimate of drug-likeness (QED) is 0.792. The first-order chi connectivity index (χ1) is 6.66. The predicted molar refractivity (Wildman–Crippen MR) is 53.4 cm³/mol. The van der Waals surface area contributed by atoms with Crippen LogP contribution in [0.4, 0.5) is 8.78 Å². The van der Waals surface area contributed by atoms with E-state index in [1.54, 1.807) is 18.2 Å². The van der Waals surface area contributed by atoms with Crippen LogP contribution >= 0.6 is 0 Å². The SMILES string of the molecule is CC(F)C(CCN)c1ccccc1F. The maximum atomic E-state index is 13.3. The summed E-state index contributed by atoms with van der Waals surface area (Å²) in [5.41, 5.74) is 5.79. The summed E-state index contributed by atoms with van der Waals surface area (Å²) in [4.78, 5) is 0. The van der Waals surface area contributed by atoms with Crippen LogP contribution in [0.5, 0.6) is 0 Å². The van der Waals surface area contributed by atoms with Gasteiger partial charge in [0.1, 0.15) is 12.0 Å². The van der Waals surface area contributed by atoms with Crippen LogP contribution in [0.2, 0.25) is 0 Å². The van der Waals surface area contributed by atoms with Crippen LogP contribution in [0.3, 0.4) is 0 Å². The largest absolute Gasteiger partial charge is 0.330 e. The van der Waals surface area contributed by atoms with Gasteiger partial charge in [0.05, 0.1) is 0 Å². The van der Waals surface area contributed by atoms with Crippen LogP contribution in [0, 0.1) is 5.82 Å². The number of benzene rings is 1. The van der Waals surface area contributed by atoms with E-state index in [2.05, 4.69) is 0 Å². The molecule has 0 saturated heterocycles. The van der Waals surface area contributed by atoms with E-state index in [0.29, 0.717) is 18.5 Å². The van der Waals surface area contributed by atoms with E-state index in [4.69, 9.17) is 5.73 Å². The standard InChI is InChI=1S/C11H15F2N/c1-8(12)9(6-7-14)10-4-2-3-5-11(10)13/h2-5,8-9H,6-7,14H2,1H3. The Balaban J connectivity index is 2.93. The van der Waals surface area contributed by atoms with Gasteiger partial charge in [-0.15, -0.1) is 0 Å². The lowest BCUT2D eigenvalue weighted by Crippen LogP contribution is -2.16. The van der Waals surface area contributed by atoms with Crippen molar-refractivity contribution in [2.24, 2.45) is 5.73 Å². The summed E-state index contributed by atoms with van der Waals surface area (Å²) in [6, 6.07) is 6.28. The molecule has 2 N–H and O–H groups in total. The Morgan fingerprint density at radius 2 is 2.00 bits per heavy atom. The molecular formula is C11H15F2N. The lowest BCUT2D eigenvalue weighted by molar-refractivity contribution is 0.292. The zero-order valence-corrected chi connectivity index (χ0v) is 8.21. The Bertz CT molecular complexity index is 286. The first kappa shape index (κ1) is 11.1. The number of alkyl halides is 1. The molecule has 1 aromatic carbocycles. The fourth-order valence-electron chi connectivity index (χ4n) is 1.59. The molecule has 0 aliphatic heterocycles. The average Bonchev–Trinajstić information content (AvgIpc) is 2.15. The number of halogens is 2. The Morgan fingerprint density at radius 3 is 2.50 bits per heavy atom. The van der Waals surface area contributed by atoms with Crippen LogP contribution in [-0.2, 0) is 0 Å². The summed E-state index contributed by atoms with van der Waals surface area (Å²) in [7, 11) is 0. The van der Waals surface area contributed by atoms with Crippen molar-refractivity contribution >= 4 is 0 Å². The first-order valence-corrected chi connectivity index (χ1v) is 4.75. The molecule has 0 amide bonds. The summed E-state index contributed by atoms with van der Waals surface area (Å²) in [6.07, 6.45) is -0.603. The van der Waals surface area contributed by atoms with E-state index >= 15 is 0 Å². The Labute approximate surface area is 82.9 Å². The molecule has 3 heteroatoms. The number of nitrogens with two attached hydrogens (primary N) is 1. The van der Waals surface area contributed by atoms with Crippen molar-refractivity contribution in [3.63, 3.8) is 0 Å². The molecule has 0 saturated carbocycles. The van der Waals surface area contributed by atoms with E-state index < -0.39 is 12.1 Å². The normalized spacial score (nSPS) is 15.1. The molecule has 78 valence electrons. The minimum Gasteiger partial charge on any atom is -0.330 e. The highest BCUT2D eigenvalue weighted by atomic mass is 19.1. The van der Waals surface area contributed by atoms with Crippen LogP contribution in [-0.4, -0.2) is 12.7 Å². The summed E-state index contributed by atoms with van der Waals surface area (Å²) >= 11 is 0. The second-order valence-corrected chi connectivity index (χ2v) is 3.38. The lowest BCUT2D eigenvalue weighted by atomic mass is 9.91. The van der Waals surface area contributed by atoms with E-state index in [1.807, 2.05) is 0 Å². The van der Waals surface area contributed by atoms with Gasteiger partial charge in [-0.2, -0.15) is 0 Å². The van der Waals surface area contributed by atoms with Gasteiger partial charge in [-0.1, -0.05) is 18.2 Å². The van der Waals surface area contributed by atoms with E-state index in [0.717, 1.165) is 0 Å². The zero-order chi connectivity index (χ0) is 10.6. The maximum absolute atomic E-state index is 13.3. The van der Waals surface area contributed by atoms with Crippen molar-refractivity contribution in [3.05, 3.63) is 35.6 Å². The summed E-state index contributed by atoms with van der Waals surface area (Å²) < 4.78 is 26.5. The molecular weight excluding hydrogens is 184 g/mol. The molecule has 0 aliphatic rings. The van der Waals surface area contributed by atoms with E-state index in [-0.39, 0.29) is 5.82 Å². The minimum absolute atomic E-state index is 0.351. The number of hydrogen-bond acceptors (Lipinski definition) is 1. The molecule has 0 radical (unpaired) electrons. The molecule has 0 aliphatic carbocycles. The predicted octanol–water partition coefficient (Wildman–Crippen LogP) is 2.62. The van der Waals surface area contributed by atoms with Crippen molar-refractivity contribution in [1.82, 2.24) is 0 Å². The van der Waals surface area contributed by atoms with Gasteiger partial charge >= 0.3 is 0 Å². The molecule has 0 fully saturated rings. The molecule has 0 heterocycles. The van der Waals surface area contributed by atoms with Crippen molar-refractivity contribution < 1.29 is 8.78 Å². The highest BCUT2D eigenvalue weighted by molar-refractivity contribution is 5.22. The zero-order valence-electron chi connectivity index (χ0n) is 8.21. The maximum Gasteiger partial charge on any atom is 0.126 e. The third kappa shape index (κ3) is 2.51. The van der Waals surface area contributed by atoms with Gasteiger partial charge in [0.2, 0.25) is 0 Å². The fourth-order valence-corrected chi connectivity index (χ4v) is 1.59. The van der Waals surface area contributed by atoms with E-state index in [9.17, 15) is 8.78 Å². The van der Waals surface area contributed by atoms with Gasteiger partial charge in [0.15, 0.2) is 0 Å². The lowest BCUT2D eigenvalue weighted by Gasteiger charge is -2.18. The van der Waals surface area contributed by atoms with Crippen molar-refractivity contribution in [1.29, 1.82) is 0 Å². The topological polar surface area (TPSA) is 26.0 Å². The van der Waals surface area contributed by atoms with Crippen molar-refractivity contribution in [3.8, 4) is 0 Å². The molecule has 0 aromatic heterocycles. The van der Waals surface area contributed by atoms with Crippen molar-refractivity contribution in [2.45, 2.75) is 25.4 Å². The molecule has 1 aromatic rings. The average molecular weight is 199 g/mol. The van der Waals surface area contributed by atoms with Crippen LogP contribution in [0.1, 0.15) is 24.8 Å². The number of hydrogen-bond donors (Lipinski definition) is 1. The number of rotatable bonds is 4. The molecule has 0 spiro atoms. The van der Waals surface area contributed by atoms with Crippen LogP contribution in [0.25, 0.3) is 0 Å². The van der Waals surface area contributed by atoms with Gasteiger partial charge in [0, 0.05) is 5.92 Å². The van der Waals surface area contributed by atoms with E-state index in [1.165, 1.54) is 13.0 Å². The molecule has 2 unspecified atom stereocenters. The molecule has 1 nitrogen and oxygen atoms in total. The molecule has 0 bridgehead atoms. The highest BCUT2D eigenvalue weighted by Gasteiger charge is 2.20. The Kier molecular flexibility index (Phi) is 4.01. The van der Waals surface area contributed by atoms with Crippen molar-refractivity contribution in [2.75, 3.05) is 6.54 Å². The van der Waals surface area contributed by atoms with Crippen LogP contribution < -0.4 is 5.73 Å². The molecule has 1 rings (SSSR count). The summed E-state index contributed by atoms with van der Waals surface area (Å²) in [5.74, 6) is -0.781. The van der Waals surface area contributed by atoms with Gasteiger partial charge in [-0.3, -0.25) is 0 Å². The van der Waals surface area contributed by atoms with Gasteiger partial charge in [0.25, 0.3) is 0 Å². The third-order valence-corrected chi connectivity index (χ3v) is 2.34. The summed E-state index contributed by atoms with van der Waals surface area (Å²) in [5, 5.41) is 0. The Morgan fingerprint density at radius 1 is 1.36 bits per heavy atom. The summed E-state index contributed by atoms with van der Waals surface area (Å²) in [6.45, 7) is 1.81. The first-order valence-electron chi connectivity index (χ1n) is 4.75. The Hall–Kier alpha value is -0.960. The second kappa shape index (κ2) is 5.05.